The highest BCUT2D eigenvalue weighted by Gasteiger charge is 2.30. The van der Waals surface area contributed by atoms with E-state index in [0.29, 0.717) is 35.6 Å². The van der Waals surface area contributed by atoms with Crippen molar-refractivity contribution in [1.82, 2.24) is 10.2 Å². The highest BCUT2D eigenvalue weighted by molar-refractivity contribution is 7.80. The van der Waals surface area contributed by atoms with Gasteiger partial charge in [0.15, 0.2) is 5.11 Å². The molecule has 0 bridgehead atoms. The average Bonchev–Trinajstić information content (AvgIpc) is 2.99. The third-order valence-corrected chi connectivity index (χ3v) is 4.90. The molecule has 1 amide bonds. The van der Waals surface area contributed by atoms with Gasteiger partial charge in [-0.1, -0.05) is 19.9 Å². The van der Waals surface area contributed by atoms with Crippen molar-refractivity contribution in [2.24, 2.45) is 5.92 Å². The standard InChI is InChI=1S/C23H26N2O4S/c1-15(2)13-25-22(26)20(24-23(25)30)12-16-5-10-21(28-4)17(11-16)14-29-19-8-6-18(27-3)7-9-19/h5-12,15H,13-14H2,1-4H3,(H,24,30)/b20-12+. The molecule has 1 fully saturated rings. The molecule has 1 aliphatic heterocycles. The van der Waals surface area contributed by atoms with E-state index in [1.807, 2.05) is 42.5 Å². The number of benzene rings is 2. The minimum atomic E-state index is -0.111. The lowest BCUT2D eigenvalue weighted by Gasteiger charge is -2.16. The van der Waals surface area contributed by atoms with Crippen LogP contribution in [-0.2, 0) is 11.4 Å². The summed E-state index contributed by atoms with van der Waals surface area (Å²) in [4.78, 5) is 14.3. The molecule has 1 heterocycles. The van der Waals surface area contributed by atoms with Gasteiger partial charge in [0, 0.05) is 12.1 Å². The zero-order valence-corrected chi connectivity index (χ0v) is 18.4. The van der Waals surface area contributed by atoms with Crippen molar-refractivity contribution in [3.8, 4) is 17.2 Å². The molecule has 0 radical (unpaired) electrons. The zero-order valence-electron chi connectivity index (χ0n) is 17.6. The molecule has 6 nitrogen and oxygen atoms in total. The second-order valence-corrected chi connectivity index (χ2v) is 7.72. The summed E-state index contributed by atoms with van der Waals surface area (Å²) in [7, 11) is 3.24. The molecular formula is C23H26N2O4S. The van der Waals surface area contributed by atoms with E-state index in [2.05, 4.69) is 19.2 Å². The molecular weight excluding hydrogens is 400 g/mol. The number of hydrogen-bond acceptors (Lipinski definition) is 5. The predicted molar refractivity (Wildman–Crippen MR) is 121 cm³/mol. The topological polar surface area (TPSA) is 60.0 Å². The largest absolute Gasteiger partial charge is 0.497 e. The van der Waals surface area contributed by atoms with Crippen molar-refractivity contribution >= 4 is 29.3 Å². The van der Waals surface area contributed by atoms with E-state index in [1.165, 1.54) is 0 Å². The Morgan fingerprint density at radius 1 is 1.07 bits per heavy atom. The van der Waals surface area contributed by atoms with E-state index in [9.17, 15) is 4.79 Å². The first-order valence-electron chi connectivity index (χ1n) is 9.69. The second kappa shape index (κ2) is 9.63. The van der Waals surface area contributed by atoms with Crippen molar-refractivity contribution in [3.63, 3.8) is 0 Å². The van der Waals surface area contributed by atoms with Crippen molar-refractivity contribution in [2.75, 3.05) is 20.8 Å². The first kappa shape index (κ1) is 21.6. The number of nitrogens with zero attached hydrogens (tertiary/aromatic N) is 1. The van der Waals surface area contributed by atoms with Gasteiger partial charge in [-0.25, -0.2) is 0 Å². The molecule has 2 aromatic carbocycles. The van der Waals surface area contributed by atoms with Gasteiger partial charge < -0.3 is 19.5 Å². The van der Waals surface area contributed by atoms with Crippen LogP contribution < -0.4 is 19.5 Å². The Hall–Kier alpha value is -3.06. The van der Waals surface area contributed by atoms with Crippen molar-refractivity contribution in [2.45, 2.75) is 20.5 Å². The maximum atomic E-state index is 12.7. The van der Waals surface area contributed by atoms with E-state index in [-0.39, 0.29) is 5.91 Å². The third-order valence-electron chi connectivity index (χ3n) is 4.58. The molecule has 0 atom stereocenters. The number of rotatable bonds is 8. The Labute approximate surface area is 182 Å². The van der Waals surface area contributed by atoms with Crippen LogP contribution in [0.15, 0.2) is 48.2 Å². The number of amides is 1. The SMILES string of the molecule is COc1ccc(OCc2cc(/C=C3/NC(=S)N(CC(C)C)C3=O)ccc2OC)cc1. The number of hydrogen-bond donors (Lipinski definition) is 1. The minimum Gasteiger partial charge on any atom is -0.497 e. The molecule has 30 heavy (non-hydrogen) atoms. The Bertz CT molecular complexity index is 954. The molecule has 0 saturated carbocycles. The summed E-state index contributed by atoms with van der Waals surface area (Å²) < 4.78 is 16.5. The first-order chi connectivity index (χ1) is 14.4. The second-order valence-electron chi connectivity index (χ2n) is 7.33. The van der Waals surface area contributed by atoms with Crippen LogP contribution >= 0.6 is 12.2 Å². The molecule has 0 aromatic heterocycles. The lowest BCUT2D eigenvalue weighted by Crippen LogP contribution is -2.33. The quantitative estimate of drug-likeness (QED) is 0.509. The van der Waals surface area contributed by atoms with Crippen LogP contribution in [0.4, 0.5) is 0 Å². The number of methoxy groups -OCH3 is 2. The molecule has 0 spiro atoms. The zero-order chi connectivity index (χ0) is 21.7. The van der Waals surface area contributed by atoms with Crippen LogP contribution in [0.25, 0.3) is 6.08 Å². The van der Waals surface area contributed by atoms with Crippen LogP contribution in [0, 0.1) is 5.92 Å². The van der Waals surface area contributed by atoms with Gasteiger partial charge >= 0.3 is 0 Å². The van der Waals surface area contributed by atoms with Gasteiger partial charge in [0.2, 0.25) is 0 Å². The summed E-state index contributed by atoms with van der Waals surface area (Å²) in [6.45, 7) is 5.02. The Morgan fingerprint density at radius 2 is 1.77 bits per heavy atom. The molecule has 1 N–H and O–H groups in total. The summed E-state index contributed by atoms with van der Waals surface area (Å²) in [6, 6.07) is 13.1. The lowest BCUT2D eigenvalue weighted by molar-refractivity contribution is -0.122. The summed E-state index contributed by atoms with van der Waals surface area (Å²) in [5.41, 5.74) is 2.19. The highest BCUT2D eigenvalue weighted by Crippen LogP contribution is 2.25. The Morgan fingerprint density at radius 3 is 2.40 bits per heavy atom. The van der Waals surface area contributed by atoms with E-state index in [0.717, 1.165) is 22.6 Å². The van der Waals surface area contributed by atoms with Crippen molar-refractivity contribution in [1.29, 1.82) is 0 Å². The molecule has 7 heteroatoms. The number of ether oxygens (including phenoxy) is 3. The smallest absolute Gasteiger partial charge is 0.276 e. The average molecular weight is 427 g/mol. The van der Waals surface area contributed by atoms with E-state index in [1.54, 1.807) is 25.2 Å². The third kappa shape index (κ3) is 5.10. The summed E-state index contributed by atoms with van der Waals surface area (Å²) >= 11 is 5.31. The van der Waals surface area contributed by atoms with Crippen LogP contribution in [0.5, 0.6) is 17.2 Å². The van der Waals surface area contributed by atoms with Gasteiger partial charge in [-0.2, -0.15) is 0 Å². The van der Waals surface area contributed by atoms with Crippen LogP contribution in [-0.4, -0.2) is 36.7 Å². The fourth-order valence-electron chi connectivity index (χ4n) is 3.10. The molecule has 1 aliphatic rings. The van der Waals surface area contributed by atoms with Crippen molar-refractivity contribution < 1.29 is 19.0 Å². The first-order valence-corrected chi connectivity index (χ1v) is 10.1. The fourth-order valence-corrected chi connectivity index (χ4v) is 3.37. The van der Waals surface area contributed by atoms with E-state index >= 15 is 0 Å². The number of nitrogens with one attached hydrogen (secondary N) is 1. The molecule has 158 valence electrons. The predicted octanol–water partition coefficient (Wildman–Crippen LogP) is 4.00. The number of carbonyl (C=O) groups is 1. The Kier molecular flexibility index (Phi) is 6.95. The summed E-state index contributed by atoms with van der Waals surface area (Å²) in [5.74, 6) is 2.43. The normalized spacial score (nSPS) is 15.0. The fraction of sp³-hybridized carbons (Fsp3) is 0.304. The lowest BCUT2D eigenvalue weighted by atomic mass is 10.1. The van der Waals surface area contributed by atoms with E-state index < -0.39 is 0 Å². The van der Waals surface area contributed by atoms with Crippen LogP contribution in [0.1, 0.15) is 25.0 Å². The van der Waals surface area contributed by atoms with Gasteiger partial charge in [-0.3, -0.25) is 9.69 Å². The van der Waals surface area contributed by atoms with Crippen molar-refractivity contribution in [3.05, 3.63) is 59.3 Å². The molecule has 3 rings (SSSR count). The number of carbonyl (C=O) groups excluding carboxylic acids is 1. The molecule has 0 unspecified atom stereocenters. The summed E-state index contributed by atoms with van der Waals surface area (Å²) in [5, 5.41) is 3.46. The van der Waals surface area contributed by atoms with Gasteiger partial charge in [0.1, 0.15) is 29.6 Å². The van der Waals surface area contributed by atoms with Crippen LogP contribution in [0.2, 0.25) is 0 Å². The van der Waals surface area contributed by atoms with E-state index in [4.69, 9.17) is 26.4 Å². The Balaban J connectivity index is 1.77. The molecule has 1 saturated heterocycles. The van der Waals surface area contributed by atoms with Gasteiger partial charge in [-0.15, -0.1) is 0 Å². The maximum absolute atomic E-state index is 12.7. The van der Waals surface area contributed by atoms with Crippen LogP contribution in [0.3, 0.4) is 0 Å². The molecule has 2 aromatic rings. The summed E-state index contributed by atoms with van der Waals surface area (Å²) in [6.07, 6.45) is 1.80. The van der Waals surface area contributed by atoms with Gasteiger partial charge in [-0.05, 0) is 66.2 Å². The maximum Gasteiger partial charge on any atom is 0.276 e. The molecule has 0 aliphatic carbocycles. The number of thiocarbonyl (C=S) groups is 1. The van der Waals surface area contributed by atoms with Gasteiger partial charge in [0.05, 0.1) is 14.2 Å². The van der Waals surface area contributed by atoms with Gasteiger partial charge in [0.25, 0.3) is 5.91 Å². The monoisotopic (exact) mass is 426 g/mol. The highest BCUT2D eigenvalue weighted by atomic mass is 32.1. The minimum absolute atomic E-state index is 0.111.